The number of nitrogens with zero attached hydrogens (tertiary/aromatic N) is 1. The van der Waals surface area contributed by atoms with Gasteiger partial charge in [0.25, 0.3) is 0 Å². The van der Waals surface area contributed by atoms with E-state index >= 15 is 0 Å². The van der Waals surface area contributed by atoms with Gasteiger partial charge >= 0.3 is 0 Å². The number of amides is 2. The first-order chi connectivity index (χ1) is 9.30. The average Bonchev–Trinajstić information content (AvgIpc) is 2.56. The summed E-state index contributed by atoms with van der Waals surface area (Å²) in [6.45, 7) is 5.91. The molecule has 0 bridgehead atoms. The molecule has 0 aromatic carbocycles. The molecular formula is C13H24N2O4S. The van der Waals surface area contributed by atoms with E-state index in [4.69, 9.17) is 0 Å². The molecule has 0 aromatic heterocycles. The molecule has 0 spiro atoms. The molecule has 0 saturated carbocycles. The molecule has 20 heavy (non-hydrogen) atoms. The molecule has 2 unspecified atom stereocenters. The van der Waals surface area contributed by atoms with E-state index in [9.17, 15) is 18.0 Å². The van der Waals surface area contributed by atoms with Gasteiger partial charge in [-0.15, -0.1) is 0 Å². The average molecular weight is 304 g/mol. The molecule has 1 aliphatic rings. The summed E-state index contributed by atoms with van der Waals surface area (Å²) in [7, 11) is -3.11. The summed E-state index contributed by atoms with van der Waals surface area (Å²) in [4.78, 5) is 25.6. The number of carbonyl (C=O) groups is 2. The Bertz CT molecular complexity index is 461. The number of nitrogens with one attached hydrogen (secondary N) is 1. The molecule has 0 aliphatic carbocycles. The molecule has 1 aliphatic heterocycles. The molecule has 2 atom stereocenters. The zero-order chi connectivity index (χ0) is 15.3. The van der Waals surface area contributed by atoms with E-state index in [2.05, 4.69) is 5.32 Å². The van der Waals surface area contributed by atoms with Crippen molar-refractivity contribution in [2.75, 3.05) is 24.6 Å². The lowest BCUT2D eigenvalue weighted by Crippen LogP contribution is -2.49. The fourth-order valence-corrected chi connectivity index (χ4v) is 2.87. The van der Waals surface area contributed by atoms with Crippen LogP contribution >= 0.6 is 0 Å². The zero-order valence-corrected chi connectivity index (χ0v) is 13.2. The highest BCUT2D eigenvalue weighted by Gasteiger charge is 2.33. The Kier molecular flexibility index (Phi) is 5.98. The van der Waals surface area contributed by atoms with Gasteiger partial charge in [-0.2, -0.15) is 0 Å². The standard InChI is InChI=1S/C13H24N2O4S/c1-4-10(3)12-13(17)15(7-6-11(16)14-12)8-9-20(18,19)5-2/h10,12H,4-9H2,1-3H3,(H,14,16). The molecule has 1 heterocycles. The molecule has 1 rings (SSSR count). The highest BCUT2D eigenvalue weighted by Crippen LogP contribution is 2.14. The summed E-state index contributed by atoms with van der Waals surface area (Å²) in [5.74, 6) is -0.256. The normalized spacial score (nSPS) is 22.4. The number of hydrogen-bond acceptors (Lipinski definition) is 4. The highest BCUT2D eigenvalue weighted by molar-refractivity contribution is 7.91. The van der Waals surface area contributed by atoms with Crippen molar-refractivity contribution in [1.29, 1.82) is 0 Å². The van der Waals surface area contributed by atoms with Crippen LogP contribution in [0.4, 0.5) is 0 Å². The van der Waals surface area contributed by atoms with Crippen molar-refractivity contribution in [3.63, 3.8) is 0 Å². The van der Waals surface area contributed by atoms with Gasteiger partial charge in [-0.25, -0.2) is 8.42 Å². The van der Waals surface area contributed by atoms with E-state index < -0.39 is 15.9 Å². The van der Waals surface area contributed by atoms with Gasteiger partial charge in [-0.1, -0.05) is 27.2 Å². The first-order valence-corrected chi connectivity index (χ1v) is 8.91. The van der Waals surface area contributed by atoms with Crippen molar-refractivity contribution in [2.45, 2.75) is 39.7 Å². The third kappa shape index (κ3) is 4.47. The maximum Gasteiger partial charge on any atom is 0.245 e. The van der Waals surface area contributed by atoms with Gasteiger partial charge in [0.05, 0.1) is 5.75 Å². The lowest BCUT2D eigenvalue weighted by Gasteiger charge is -2.27. The quantitative estimate of drug-likeness (QED) is 0.759. The number of hydrogen-bond donors (Lipinski definition) is 1. The van der Waals surface area contributed by atoms with Crippen LogP contribution < -0.4 is 5.32 Å². The Morgan fingerprint density at radius 2 is 2.00 bits per heavy atom. The summed E-state index contributed by atoms with van der Waals surface area (Å²) >= 11 is 0. The molecule has 1 fully saturated rings. The Morgan fingerprint density at radius 3 is 2.55 bits per heavy atom. The molecule has 0 aromatic rings. The Hall–Kier alpha value is -1.11. The van der Waals surface area contributed by atoms with Crippen molar-refractivity contribution in [3.8, 4) is 0 Å². The van der Waals surface area contributed by atoms with Gasteiger partial charge < -0.3 is 10.2 Å². The SMILES string of the molecule is CCC(C)C1NC(=O)CCN(CCS(=O)(=O)CC)C1=O. The Labute approximate surface area is 120 Å². The van der Waals surface area contributed by atoms with Crippen LogP contribution in [-0.2, 0) is 19.4 Å². The summed E-state index contributed by atoms with van der Waals surface area (Å²) in [5.41, 5.74) is 0. The minimum atomic E-state index is -3.11. The van der Waals surface area contributed by atoms with Crippen molar-refractivity contribution in [3.05, 3.63) is 0 Å². The van der Waals surface area contributed by atoms with Crippen LogP contribution in [0.2, 0.25) is 0 Å². The minimum absolute atomic E-state index is 0.0369. The topological polar surface area (TPSA) is 83.6 Å². The molecule has 116 valence electrons. The van der Waals surface area contributed by atoms with Gasteiger partial charge in [0, 0.05) is 25.3 Å². The maximum absolute atomic E-state index is 12.4. The Balaban J connectivity index is 2.79. The second-order valence-electron chi connectivity index (χ2n) is 5.24. The largest absolute Gasteiger partial charge is 0.344 e. The summed E-state index contributed by atoms with van der Waals surface area (Å²) in [6.07, 6.45) is 1.00. The highest BCUT2D eigenvalue weighted by atomic mass is 32.2. The summed E-state index contributed by atoms with van der Waals surface area (Å²) in [5, 5.41) is 2.74. The maximum atomic E-state index is 12.4. The monoisotopic (exact) mass is 304 g/mol. The number of sulfone groups is 1. The molecule has 7 heteroatoms. The number of carbonyl (C=O) groups excluding carboxylic acids is 2. The van der Waals surface area contributed by atoms with Crippen LogP contribution in [0.3, 0.4) is 0 Å². The van der Waals surface area contributed by atoms with Crippen LogP contribution in [0.25, 0.3) is 0 Å². The third-order valence-corrected chi connectivity index (χ3v) is 5.51. The minimum Gasteiger partial charge on any atom is -0.344 e. The van der Waals surface area contributed by atoms with E-state index in [1.54, 1.807) is 6.92 Å². The lowest BCUT2D eigenvalue weighted by molar-refractivity contribution is -0.134. The van der Waals surface area contributed by atoms with Crippen LogP contribution in [0.5, 0.6) is 0 Å². The fourth-order valence-electron chi connectivity index (χ4n) is 2.09. The van der Waals surface area contributed by atoms with Crippen LogP contribution in [0, 0.1) is 5.92 Å². The van der Waals surface area contributed by atoms with Crippen molar-refractivity contribution < 1.29 is 18.0 Å². The second-order valence-corrected chi connectivity index (χ2v) is 7.72. The van der Waals surface area contributed by atoms with Gasteiger partial charge in [0.1, 0.15) is 6.04 Å². The van der Waals surface area contributed by atoms with E-state index in [1.165, 1.54) is 4.90 Å². The predicted molar refractivity (Wildman–Crippen MR) is 76.9 cm³/mol. The number of rotatable bonds is 6. The van der Waals surface area contributed by atoms with Gasteiger partial charge in [-0.3, -0.25) is 9.59 Å². The summed E-state index contributed by atoms with van der Waals surface area (Å²) < 4.78 is 23.1. The molecule has 2 amide bonds. The third-order valence-electron chi connectivity index (χ3n) is 3.83. The lowest BCUT2D eigenvalue weighted by atomic mass is 9.98. The zero-order valence-electron chi connectivity index (χ0n) is 12.4. The van der Waals surface area contributed by atoms with E-state index in [-0.39, 0.29) is 48.7 Å². The van der Waals surface area contributed by atoms with Gasteiger partial charge in [-0.05, 0) is 5.92 Å². The predicted octanol–water partition coefficient (Wildman–Crippen LogP) is 0.184. The first kappa shape index (κ1) is 16.9. The van der Waals surface area contributed by atoms with E-state index in [0.717, 1.165) is 6.42 Å². The smallest absolute Gasteiger partial charge is 0.245 e. The van der Waals surface area contributed by atoms with Crippen LogP contribution in [0.15, 0.2) is 0 Å². The van der Waals surface area contributed by atoms with Gasteiger partial charge in [0.15, 0.2) is 9.84 Å². The molecule has 0 radical (unpaired) electrons. The van der Waals surface area contributed by atoms with Crippen molar-refractivity contribution in [2.24, 2.45) is 5.92 Å². The van der Waals surface area contributed by atoms with Crippen LogP contribution in [-0.4, -0.2) is 55.8 Å². The van der Waals surface area contributed by atoms with E-state index in [0.29, 0.717) is 0 Å². The van der Waals surface area contributed by atoms with Gasteiger partial charge in [0.2, 0.25) is 11.8 Å². The van der Waals surface area contributed by atoms with Crippen molar-refractivity contribution in [1.82, 2.24) is 10.2 Å². The molecule has 1 saturated heterocycles. The molecular weight excluding hydrogens is 280 g/mol. The van der Waals surface area contributed by atoms with Crippen LogP contribution in [0.1, 0.15) is 33.6 Å². The molecule has 1 N–H and O–H groups in total. The summed E-state index contributed by atoms with van der Waals surface area (Å²) in [6, 6.07) is -0.542. The second kappa shape index (κ2) is 7.06. The van der Waals surface area contributed by atoms with E-state index in [1.807, 2.05) is 13.8 Å². The molecule has 6 nitrogen and oxygen atoms in total. The Morgan fingerprint density at radius 1 is 1.35 bits per heavy atom. The first-order valence-electron chi connectivity index (χ1n) is 7.09. The van der Waals surface area contributed by atoms with Crippen molar-refractivity contribution >= 4 is 21.7 Å². The fraction of sp³-hybridized carbons (Fsp3) is 0.846.